The first-order valence-electron chi connectivity index (χ1n) is 16.2. The first-order chi connectivity index (χ1) is 21.9. The van der Waals surface area contributed by atoms with Crippen LogP contribution in [0.4, 0.5) is 0 Å². The molecule has 1 saturated carbocycles. The average Bonchev–Trinajstić information content (AvgIpc) is 3.34. The summed E-state index contributed by atoms with van der Waals surface area (Å²) in [5.74, 6) is -0.0509. The van der Waals surface area contributed by atoms with Crippen LogP contribution >= 0.6 is 7.60 Å². The first kappa shape index (κ1) is 28.9. The van der Waals surface area contributed by atoms with Gasteiger partial charge in [-0.3, -0.25) is 4.57 Å². The van der Waals surface area contributed by atoms with Gasteiger partial charge in [0.1, 0.15) is 11.2 Å². The van der Waals surface area contributed by atoms with E-state index in [9.17, 15) is 0 Å². The van der Waals surface area contributed by atoms with Gasteiger partial charge in [0.2, 0.25) is 0 Å². The molecule has 2 bridgehead atoms. The van der Waals surface area contributed by atoms with Gasteiger partial charge in [-0.05, 0) is 58.7 Å². The fraction of sp³-hybridized carbons (Fsp3) is 0.300. The van der Waals surface area contributed by atoms with Gasteiger partial charge in [-0.1, -0.05) is 136 Å². The highest BCUT2D eigenvalue weighted by Gasteiger charge is 2.65. The van der Waals surface area contributed by atoms with Crippen LogP contribution in [-0.2, 0) is 29.6 Å². The van der Waals surface area contributed by atoms with Crippen molar-refractivity contribution < 1.29 is 18.3 Å². The van der Waals surface area contributed by atoms with Crippen LogP contribution < -0.4 is 0 Å². The Kier molecular flexibility index (Phi) is 6.93. The second kappa shape index (κ2) is 10.8. The lowest BCUT2D eigenvalue weighted by Crippen LogP contribution is -2.40. The third-order valence-corrected chi connectivity index (χ3v) is 12.1. The van der Waals surface area contributed by atoms with E-state index in [-0.39, 0.29) is 11.3 Å². The molecule has 2 aliphatic heterocycles. The van der Waals surface area contributed by atoms with Gasteiger partial charge < -0.3 is 13.8 Å². The smallest absolute Gasteiger partial charge is 0.344 e. The zero-order valence-electron chi connectivity index (χ0n) is 25.9. The Bertz CT molecular complexity index is 1830. The van der Waals surface area contributed by atoms with E-state index >= 15 is 4.57 Å². The second-order valence-electron chi connectivity index (χ2n) is 13.6. The van der Waals surface area contributed by atoms with Crippen LogP contribution in [0.3, 0.4) is 0 Å². The van der Waals surface area contributed by atoms with Crippen LogP contribution in [0.25, 0.3) is 6.08 Å². The molecular formula is C40H39O4P. The lowest BCUT2D eigenvalue weighted by molar-refractivity contribution is -0.103. The lowest BCUT2D eigenvalue weighted by atomic mass is 9.65. The van der Waals surface area contributed by atoms with Crippen LogP contribution in [0.5, 0.6) is 0 Å². The molecule has 4 aliphatic rings. The highest BCUT2D eigenvalue weighted by molar-refractivity contribution is 7.59. The van der Waals surface area contributed by atoms with Crippen molar-refractivity contribution in [2.24, 2.45) is 11.3 Å². The van der Waals surface area contributed by atoms with Crippen LogP contribution in [0.15, 0.2) is 132 Å². The number of benzene rings is 4. The van der Waals surface area contributed by atoms with Crippen molar-refractivity contribution in [1.82, 2.24) is 0 Å². The van der Waals surface area contributed by atoms with Gasteiger partial charge in [0.25, 0.3) is 0 Å². The molecule has 4 aromatic carbocycles. The van der Waals surface area contributed by atoms with Crippen molar-refractivity contribution in [3.63, 3.8) is 0 Å². The zero-order valence-corrected chi connectivity index (χ0v) is 26.8. The minimum absolute atomic E-state index is 0.0509. The van der Waals surface area contributed by atoms with Crippen molar-refractivity contribution in [3.8, 4) is 0 Å². The standard InChI is InChI=1S/C40H39O4P/c1-38(2)27-42-45(41,43-28-38)37-32-22-12-13-23-33(32)39(30-18-8-4-9-19-30)34-24-14-15-25-35(34)40(44-39,31-20-10-5-11-21-31)36(37)26-29-16-6-3-7-17-29/h3-11,14-21,24-26,33H,12-13,22-23,27-28H2,1-2H3/b36-26+/t33-,39-,40-/m1/s1. The molecule has 1 saturated heterocycles. The maximum absolute atomic E-state index is 15.5. The van der Waals surface area contributed by atoms with E-state index in [4.69, 9.17) is 13.8 Å². The number of fused-ring (bicyclic) bond motifs is 2. The molecule has 3 atom stereocenters. The van der Waals surface area contributed by atoms with E-state index in [1.54, 1.807) is 0 Å². The lowest BCUT2D eigenvalue weighted by Gasteiger charge is -2.42. The molecule has 4 aromatic rings. The third-order valence-electron chi connectivity index (χ3n) is 10.1. The molecule has 8 rings (SSSR count). The third kappa shape index (κ3) is 4.42. The molecule has 45 heavy (non-hydrogen) atoms. The quantitative estimate of drug-likeness (QED) is 0.215. The Labute approximate surface area is 266 Å². The van der Waals surface area contributed by atoms with E-state index in [2.05, 4.69) is 111 Å². The number of hydrogen-bond donors (Lipinski definition) is 0. The van der Waals surface area contributed by atoms with Gasteiger partial charge in [-0.15, -0.1) is 0 Å². The Balaban J connectivity index is 1.55. The van der Waals surface area contributed by atoms with Gasteiger partial charge in [0, 0.05) is 16.9 Å². The summed E-state index contributed by atoms with van der Waals surface area (Å²) in [6.07, 6.45) is 6.01. The summed E-state index contributed by atoms with van der Waals surface area (Å²) < 4.78 is 36.4. The van der Waals surface area contributed by atoms with Crippen molar-refractivity contribution in [3.05, 3.63) is 160 Å². The Morgan fingerprint density at radius 3 is 1.96 bits per heavy atom. The Morgan fingerprint density at radius 1 is 0.711 bits per heavy atom. The minimum atomic E-state index is -3.77. The van der Waals surface area contributed by atoms with Crippen LogP contribution in [-0.4, -0.2) is 13.2 Å². The molecule has 228 valence electrons. The van der Waals surface area contributed by atoms with Gasteiger partial charge >= 0.3 is 7.60 Å². The summed E-state index contributed by atoms with van der Waals surface area (Å²) in [6, 6.07) is 40.2. The topological polar surface area (TPSA) is 44.8 Å². The number of ether oxygens (including phenoxy) is 1. The summed E-state index contributed by atoms with van der Waals surface area (Å²) in [6.45, 7) is 4.93. The van der Waals surface area contributed by atoms with Gasteiger partial charge in [-0.25, -0.2) is 0 Å². The Hall–Kier alpha value is -3.53. The number of rotatable bonds is 4. The van der Waals surface area contributed by atoms with E-state index in [0.29, 0.717) is 13.2 Å². The van der Waals surface area contributed by atoms with E-state index < -0.39 is 18.8 Å². The molecule has 0 N–H and O–H groups in total. The molecule has 0 aromatic heterocycles. The molecule has 2 heterocycles. The summed E-state index contributed by atoms with van der Waals surface area (Å²) in [5, 5.41) is 0.725. The summed E-state index contributed by atoms with van der Waals surface area (Å²) in [7, 11) is -3.77. The molecule has 2 fully saturated rings. The zero-order chi connectivity index (χ0) is 30.7. The normalized spacial score (nSPS) is 29.1. The van der Waals surface area contributed by atoms with Gasteiger partial charge in [-0.2, -0.15) is 0 Å². The predicted octanol–water partition coefficient (Wildman–Crippen LogP) is 10.0. The van der Waals surface area contributed by atoms with E-state index in [0.717, 1.165) is 64.4 Å². The molecule has 0 amide bonds. The first-order valence-corrected chi connectivity index (χ1v) is 17.7. The maximum Gasteiger partial charge on any atom is 0.361 e. The van der Waals surface area contributed by atoms with Crippen molar-refractivity contribution >= 4 is 13.7 Å². The fourth-order valence-electron chi connectivity index (χ4n) is 8.09. The maximum atomic E-state index is 15.5. The SMILES string of the molecule is CC1(C)COP(=O)(C2=C3CCCC[C@H]3[C@@]3(c4ccccc4)O[C@@](c4ccccc4)(/C2=C/c2ccccc2)c2ccccc23)OC1. The fourth-order valence-corrected chi connectivity index (χ4v) is 10.6. The largest absolute Gasteiger partial charge is 0.361 e. The monoisotopic (exact) mass is 614 g/mol. The summed E-state index contributed by atoms with van der Waals surface area (Å²) in [4.78, 5) is 0. The van der Waals surface area contributed by atoms with Crippen molar-refractivity contribution in [2.45, 2.75) is 50.7 Å². The van der Waals surface area contributed by atoms with Crippen molar-refractivity contribution in [2.75, 3.05) is 13.2 Å². The van der Waals surface area contributed by atoms with E-state index in [1.165, 1.54) is 5.56 Å². The summed E-state index contributed by atoms with van der Waals surface area (Å²) in [5.41, 5.74) is 5.29. The molecule has 5 heteroatoms. The van der Waals surface area contributed by atoms with Crippen molar-refractivity contribution in [1.29, 1.82) is 0 Å². The summed E-state index contributed by atoms with van der Waals surface area (Å²) >= 11 is 0. The second-order valence-corrected chi connectivity index (χ2v) is 15.6. The highest BCUT2D eigenvalue weighted by Crippen LogP contribution is 2.73. The van der Waals surface area contributed by atoms with Crippen LogP contribution in [0, 0.1) is 11.3 Å². The van der Waals surface area contributed by atoms with E-state index in [1.807, 2.05) is 24.3 Å². The predicted molar refractivity (Wildman–Crippen MR) is 179 cm³/mol. The highest BCUT2D eigenvalue weighted by atomic mass is 31.2. The molecule has 0 radical (unpaired) electrons. The minimum Gasteiger partial charge on any atom is -0.344 e. The van der Waals surface area contributed by atoms with Gasteiger partial charge in [0.15, 0.2) is 0 Å². The average molecular weight is 615 g/mol. The van der Waals surface area contributed by atoms with Gasteiger partial charge in [0.05, 0.1) is 18.5 Å². The molecule has 2 aliphatic carbocycles. The molecule has 0 unspecified atom stereocenters. The molecular weight excluding hydrogens is 575 g/mol. The number of hydrogen-bond acceptors (Lipinski definition) is 4. The Morgan fingerprint density at radius 2 is 1.29 bits per heavy atom. The molecule has 0 spiro atoms. The molecule has 4 nitrogen and oxygen atoms in total. The van der Waals surface area contributed by atoms with Crippen LogP contribution in [0.2, 0.25) is 0 Å². The van der Waals surface area contributed by atoms with Crippen LogP contribution in [0.1, 0.15) is 67.3 Å².